The van der Waals surface area contributed by atoms with E-state index in [1.165, 1.54) is 12.3 Å². The molecular formula is C20H24N4O5. The second kappa shape index (κ2) is 10.8. The number of aromatic nitrogens is 1. The van der Waals surface area contributed by atoms with E-state index in [1.807, 2.05) is 24.3 Å². The van der Waals surface area contributed by atoms with Gasteiger partial charge in [0.25, 0.3) is 11.8 Å². The first-order valence-corrected chi connectivity index (χ1v) is 9.06. The Morgan fingerprint density at radius 2 is 1.86 bits per heavy atom. The van der Waals surface area contributed by atoms with Crippen molar-refractivity contribution in [2.75, 3.05) is 26.8 Å². The number of amides is 3. The first-order chi connectivity index (χ1) is 14.0. The van der Waals surface area contributed by atoms with Gasteiger partial charge in [-0.1, -0.05) is 12.1 Å². The molecule has 0 saturated carbocycles. The molecule has 0 atom stereocenters. The fraction of sp³-hybridized carbons (Fsp3) is 0.300. The van der Waals surface area contributed by atoms with Crippen LogP contribution in [0.3, 0.4) is 0 Å². The van der Waals surface area contributed by atoms with Crippen molar-refractivity contribution in [3.05, 3.63) is 53.3 Å². The lowest BCUT2D eigenvalue weighted by atomic mass is 10.1. The lowest BCUT2D eigenvalue weighted by Crippen LogP contribution is -2.36. The van der Waals surface area contributed by atoms with Crippen molar-refractivity contribution in [2.24, 2.45) is 5.73 Å². The molecule has 0 fully saturated rings. The molecule has 0 aliphatic heterocycles. The molecule has 9 heteroatoms. The summed E-state index contributed by atoms with van der Waals surface area (Å²) in [4.78, 5) is 39.8. The zero-order chi connectivity index (χ0) is 21.2. The minimum atomic E-state index is -0.740. The van der Waals surface area contributed by atoms with Crippen LogP contribution in [-0.2, 0) is 11.2 Å². The number of pyridine rings is 1. The topological polar surface area (TPSA) is 133 Å². The first kappa shape index (κ1) is 21.8. The Morgan fingerprint density at radius 1 is 1.14 bits per heavy atom. The molecule has 2 aromatic rings. The maximum absolute atomic E-state index is 12.4. The highest BCUT2D eigenvalue weighted by atomic mass is 16.5. The zero-order valence-electron chi connectivity index (χ0n) is 16.4. The number of benzene rings is 1. The van der Waals surface area contributed by atoms with Gasteiger partial charge < -0.3 is 20.5 Å². The zero-order valence-corrected chi connectivity index (χ0v) is 16.4. The highest BCUT2D eigenvalue weighted by molar-refractivity contribution is 6.06. The Labute approximate surface area is 168 Å². The van der Waals surface area contributed by atoms with Crippen molar-refractivity contribution in [3.63, 3.8) is 0 Å². The molecule has 0 radical (unpaired) electrons. The van der Waals surface area contributed by atoms with E-state index in [2.05, 4.69) is 15.6 Å². The Morgan fingerprint density at radius 3 is 2.48 bits per heavy atom. The van der Waals surface area contributed by atoms with Gasteiger partial charge in [0.05, 0.1) is 25.8 Å². The summed E-state index contributed by atoms with van der Waals surface area (Å²) < 4.78 is 10.5. The van der Waals surface area contributed by atoms with Crippen molar-refractivity contribution in [3.8, 4) is 11.5 Å². The summed E-state index contributed by atoms with van der Waals surface area (Å²) >= 11 is 0. The molecule has 0 unspecified atom stereocenters. The van der Waals surface area contributed by atoms with E-state index in [0.717, 1.165) is 11.3 Å². The van der Waals surface area contributed by atoms with Crippen molar-refractivity contribution in [2.45, 2.75) is 13.3 Å². The Balaban J connectivity index is 2.02. The van der Waals surface area contributed by atoms with E-state index >= 15 is 0 Å². The molecule has 154 valence electrons. The highest BCUT2D eigenvalue weighted by Gasteiger charge is 2.19. The van der Waals surface area contributed by atoms with Crippen LogP contribution in [0.4, 0.5) is 0 Å². The van der Waals surface area contributed by atoms with Gasteiger partial charge in [-0.05, 0) is 37.1 Å². The Bertz CT molecular complexity index is 868. The summed E-state index contributed by atoms with van der Waals surface area (Å²) in [5.41, 5.74) is 6.39. The average Bonchev–Trinajstić information content (AvgIpc) is 2.74. The summed E-state index contributed by atoms with van der Waals surface area (Å²) in [5, 5.41) is 4.90. The van der Waals surface area contributed by atoms with E-state index in [1.54, 1.807) is 14.0 Å². The largest absolute Gasteiger partial charge is 0.497 e. The SMILES string of the molecule is CCOc1cc(C(=O)NCCc2ccc(OC)cc2)cnc1C(=O)NC(=O)CN. The number of rotatable bonds is 9. The standard InChI is InChI=1S/C20H24N4O5/c1-3-29-16-10-14(12-23-18(16)20(27)24-17(25)11-21)19(26)22-9-8-13-4-6-15(28-2)7-5-13/h4-7,10,12H,3,8-9,11,21H2,1-2H3,(H,22,26)(H,24,25,27). The molecule has 2 rings (SSSR count). The molecule has 1 aromatic carbocycles. The maximum Gasteiger partial charge on any atom is 0.280 e. The molecule has 29 heavy (non-hydrogen) atoms. The average molecular weight is 400 g/mol. The molecule has 1 heterocycles. The predicted molar refractivity (Wildman–Crippen MR) is 106 cm³/mol. The van der Waals surface area contributed by atoms with Crippen LogP contribution in [-0.4, -0.2) is 49.5 Å². The summed E-state index contributed by atoms with van der Waals surface area (Å²) in [7, 11) is 1.60. The molecule has 1 aromatic heterocycles. The molecule has 3 amide bonds. The number of ether oxygens (including phenoxy) is 2. The minimum Gasteiger partial charge on any atom is -0.497 e. The summed E-state index contributed by atoms with van der Waals surface area (Å²) in [6.07, 6.45) is 1.90. The summed E-state index contributed by atoms with van der Waals surface area (Å²) in [5.74, 6) is -0.853. The third-order valence-electron chi connectivity index (χ3n) is 3.93. The van der Waals surface area contributed by atoms with Crippen LogP contribution in [0, 0.1) is 0 Å². The smallest absolute Gasteiger partial charge is 0.280 e. The number of nitrogens with one attached hydrogen (secondary N) is 2. The van der Waals surface area contributed by atoms with Gasteiger partial charge in [0, 0.05) is 12.7 Å². The third-order valence-corrected chi connectivity index (χ3v) is 3.93. The summed E-state index contributed by atoms with van der Waals surface area (Å²) in [6.45, 7) is 2.08. The van der Waals surface area contributed by atoms with Gasteiger partial charge in [0.15, 0.2) is 11.4 Å². The number of carbonyl (C=O) groups excluding carboxylic acids is 3. The lowest BCUT2D eigenvalue weighted by Gasteiger charge is -2.11. The van der Waals surface area contributed by atoms with Crippen LogP contribution in [0.2, 0.25) is 0 Å². The fourth-order valence-corrected chi connectivity index (χ4v) is 2.46. The van der Waals surface area contributed by atoms with Gasteiger partial charge in [-0.2, -0.15) is 0 Å². The van der Waals surface area contributed by atoms with Crippen LogP contribution in [0.1, 0.15) is 33.3 Å². The van der Waals surface area contributed by atoms with Gasteiger partial charge in [0.1, 0.15) is 5.75 Å². The van der Waals surface area contributed by atoms with Crippen molar-refractivity contribution in [1.82, 2.24) is 15.6 Å². The second-order valence-corrected chi connectivity index (χ2v) is 5.94. The Kier molecular flexibility index (Phi) is 8.11. The first-order valence-electron chi connectivity index (χ1n) is 9.06. The number of imide groups is 1. The minimum absolute atomic E-state index is 0.0940. The van der Waals surface area contributed by atoms with Gasteiger partial charge >= 0.3 is 0 Å². The molecule has 0 bridgehead atoms. The number of hydrogen-bond donors (Lipinski definition) is 3. The molecule has 0 aliphatic rings. The molecule has 4 N–H and O–H groups in total. The number of hydrogen-bond acceptors (Lipinski definition) is 7. The number of nitrogens with zero attached hydrogens (tertiary/aromatic N) is 1. The molecule has 0 spiro atoms. The van der Waals surface area contributed by atoms with E-state index in [0.29, 0.717) is 13.0 Å². The normalized spacial score (nSPS) is 10.2. The molecule has 0 saturated heterocycles. The molecule has 0 aliphatic carbocycles. The molecular weight excluding hydrogens is 376 g/mol. The lowest BCUT2D eigenvalue weighted by molar-refractivity contribution is -0.118. The predicted octanol–water partition coefficient (Wildman–Crippen LogP) is 0.677. The molecule has 9 nitrogen and oxygen atoms in total. The van der Waals surface area contributed by atoms with Crippen molar-refractivity contribution in [1.29, 1.82) is 0 Å². The van der Waals surface area contributed by atoms with Gasteiger partial charge in [-0.3, -0.25) is 19.7 Å². The number of nitrogens with two attached hydrogens (primary N) is 1. The van der Waals surface area contributed by atoms with Crippen LogP contribution >= 0.6 is 0 Å². The Hall–Kier alpha value is -3.46. The summed E-state index contributed by atoms with van der Waals surface area (Å²) in [6, 6.07) is 8.98. The van der Waals surface area contributed by atoms with E-state index < -0.39 is 11.8 Å². The van der Waals surface area contributed by atoms with Crippen molar-refractivity contribution < 1.29 is 23.9 Å². The van der Waals surface area contributed by atoms with Crippen LogP contribution < -0.4 is 25.8 Å². The van der Waals surface area contributed by atoms with E-state index in [9.17, 15) is 14.4 Å². The van der Waals surface area contributed by atoms with E-state index in [4.69, 9.17) is 15.2 Å². The van der Waals surface area contributed by atoms with Crippen LogP contribution in [0.5, 0.6) is 11.5 Å². The van der Waals surface area contributed by atoms with Crippen LogP contribution in [0.15, 0.2) is 36.5 Å². The monoisotopic (exact) mass is 400 g/mol. The maximum atomic E-state index is 12.4. The van der Waals surface area contributed by atoms with Gasteiger partial charge in [-0.15, -0.1) is 0 Å². The fourth-order valence-electron chi connectivity index (χ4n) is 2.46. The van der Waals surface area contributed by atoms with E-state index in [-0.39, 0.29) is 36.1 Å². The van der Waals surface area contributed by atoms with Crippen LogP contribution in [0.25, 0.3) is 0 Å². The second-order valence-electron chi connectivity index (χ2n) is 5.94. The quantitative estimate of drug-likeness (QED) is 0.564. The third kappa shape index (κ3) is 6.28. The number of methoxy groups -OCH3 is 1. The highest BCUT2D eigenvalue weighted by Crippen LogP contribution is 2.18. The number of carbonyl (C=O) groups is 3. The van der Waals surface area contributed by atoms with Gasteiger partial charge in [0.2, 0.25) is 5.91 Å². The van der Waals surface area contributed by atoms with Gasteiger partial charge in [-0.25, -0.2) is 4.98 Å². The van der Waals surface area contributed by atoms with Crippen molar-refractivity contribution >= 4 is 17.7 Å².